The van der Waals surface area contributed by atoms with Crippen LogP contribution in [0.5, 0.6) is 5.75 Å². The first-order valence-corrected chi connectivity index (χ1v) is 13.2. The summed E-state index contributed by atoms with van der Waals surface area (Å²) >= 11 is 6.54. The Hall–Kier alpha value is -3.63. The van der Waals surface area contributed by atoms with Crippen LogP contribution in [0.2, 0.25) is 5.02 Å². The van der Waals surface area contributed by atoms with E-state index in [1.54, 1.807) is 18.2 Å². The third-order valence-electron chi connectivity index (χ3n) is 6.02. The van der Waals surface area contributed by atoms with Gasteiger partial charge < -0.3 is 28.4 Å². The number of hydrogen-bond acceptors (Lipinski definition) is 10. The molecule has 1 aliphatic heterocycles. The highest BCUT2D eigenvalue weighted by Crippen LogP contribution is 2.39. The highest BCUT2D eigenvalue weighted by Gasteiger charge is 2.52. The highest BCUT2D eigenvalue weighted by molar-refractivity contribution is 6.31. The predicted octanol–water partition coefficient (Wildman–Crippen LogP) is 4.13. The average molecular weight is 577 g/mol. The Morgan fingerprint density at radius 2 is 1.40 bits per heavy atom. The standard InChI is InChI=1S/C29H33ClO10/c1-6-35-23-10-7-20(8-11-23)13-22-14-21(9-12-24(22)30)26-28(38-18(4)33)29(39-19(5)34)27(37-17(3)32)25(40-26)15-36-16(2)31/h7-12,14,25-29H,6,13,15H2,1-5H3/t25-,26+,27?,28?,29+/m1/s1. The van der Waals surface area contributed by atoms with Gasteiger partial charge in [0.15, 0.2) is 18.3 Å². The number of halogens is 1. The van der Waals surface area contributed by atoms with Gasteiger partial charge >= 0.3 is 23.9 Å². The molecule has 11 heteroatoms. The molecule has 1 saturated heterocycles. The molecule has 3 rings (SSSR count). The Labute approximate surface area is 237 Å². The Kier molecular flexibility index (Phi) is 10.9. The Morgan fingerprint density at radius 1 is 0.800 bits per heavy atom. The molecule has 0 saturated carbocycles. The maximum absolute atomic E-state index is 12.2. The zero-order valence-electron chi connectivity index (χ0n) is 23.0. The molecule has 10 nitrogen and oxygen atoms in total. The fraction of sp³-hybridized carbons (Fsp3) is 0.448. The summed E-state index contributed by atoms with van der Waals surface area (Å²) in [6.07, 6.45) is -5.23. The van der Waals surface area contributed by atoms with Crippen molar-refractivity contribution in [3.05, 3.63) is 64.2 Å². The molecule has 0 aliphatic carbocycles. The molecule has 1 fully saturated rings. The minimum absolute atomic E-state index is 0.305. The molecule has 0 spiro atoms. The van der Waals surface area contributed by atoms with E-state index >= 15 is 0 Å². The maximum atomic E-state index is 12.2. The third kappa shape index (κ3) is 8.43. The lowest BCUT2D eigenvalue weighted by Gasteiger charge is -2.44. The monoisotopic (exact) mass is 576 g/mol. The smallest absolute Gasteiger partial charge is 0.303 e. The van der Waals surface area contributed by atoms with Gasteiger partial charge in [0, 0.05) is 32.7 Å². The Bertz CT molecular complexity index is 1210. The first-order chi connectivity index (χ1) is 19.0. The summed E-state index contributed by atoms with van der Waals surface area (Å²) in [5, 5.41) is 0.503. The van der Waals surface area contributed by atoms with Crippen LogP contribution in [0.1, 0.15) is 57.4 Å². The molecule has 0 N–H and O–H groups in total. The van der Waals surface area contributed by atoms with Crippen molar-refractivity contribution < 1.29 is 47.6 Å². The predicted molar refractivity (Wildman–Crippen MR) is 143 cm³/mol. The first-order valence-electron chi connectivity index (χ1n) is 12.8. The minimum Gasteiger partial charge on any atom is -0.494 e. The SMILES string of the molecule is CCOc1ccc(Cc2cc([C@@H]3O[C@H](COC(C)=O)C(OC(C)=O)[C@H](OC(C)=O)C3OC(C)=O)ccc2Cl)cc1. The van der Waals surface area contributed by atoms with Gasteiger partial charge in [0.25, 0.3) is 0 Å². The van der Waals surface area contributed by atoms with Gasteiger partial charge in [0.1, 0.15) is 24.6 Å². The van der Waals surface area contributed by atoms with Crippen molar-refractivity contribution in [2.24, 2.45) is 0 Å². The lowest BCUT2D eigenvalue weighted by atomic mass is 9.89. The largest absolute Gasteiger partial charge is 0.494 e. The summed E-state index contributed by atoms with van der Waals surface area (Å²) in [6, 6.07) is 12.8. The minimum atomic E-state index is -1.25. The van der Waals surface area contributed by atoms with Crippen molar-refractivity contribution in [3.8, 4) is 5.75 Å². The molecule has 0 bridgehead atoms. The van der Waals surface area contributed by atoms with Gasteiger partial charge in [-0.1, -0.05) is 35.9 Å². The van der Waals surface area contributed by atoms with Gasteiger partial charge in [-0.2, -0.15) is 0 Å². The van der Waals surface area contributed by atoms with E-state index < -0.39 is 54.4 Å². The van der Waals surface area contributed by atoms with Gasteiger partial charge in [-0.25, -0.2) is 0 Å². The third-order valence-corrected chi connectivity index (χ3v) is 6.39. The van der Waals surface area contributed by atoms with E-state index in [9.17, 15) is 19.2 Å². The molecule has 2 unspecified atom stereocenters. The number of hydrogen-bond donors (Lipinski definition) is 0. The Morgan fingerprint density at radius 3 is 1.98 bits per heavy atom. The maximum Gasteiger partial charge on any atom is 0.303 e. The number of esters is 4. The lowest BCUT2D eigenvalue weighted by Crippen LogP contribution is -2.59. The zero-order valence-corrected chi connectivity index (χ0v) is 23.8. The summed E-state index contributed by atoms with van der Waals surface area (Å²) in [5.41, 5.74) is 2.29. The molecule has 0 amide bonds. The van der Waals surface area contributed by atoms with Crippen LogP contribution >= 0.6 is 11.6 Å². The van der Waals surface area contributed by atoms with Gasteiger partial charge in [-0.05, 0) is 48.2 Å². The van der Waals surface area contributed by atoms with Crippen molar-refractivity contribution in [1.82, 2.24) is 0 Å². The van der Waals surface area contributed by atoms with Crippen molar-refractivity contribution in [2.45, 2.75) is 71.6 Å². The van der Waals surface area contributed by atoms with Gasteiger partial charge in [0.2, 0.25) is 0 Å². The van der Waals surface area contributed by atoms with Gasteiger partial charge in [-0.3, -0.25) is 19.2 Å². The number of benzene rings is 2. The fourth-order valence-electron chi connectivity index (χ4n) is 4.49. The number of carbonyl (C=O) groups is 4. The van der Waals surface area contributed by atoms with E-state index in [2.05, 4.69) is 0 Å². The van der Waals surface area contributed by atoms with Gasteiger partial charge in [0.05, 0.1) is 6.61 Å². The molecule has 1 heterocycles. The van der Waals surface area contributed by atoms with E-state index in [1.807, 2.05) is 31.2 Å². The van der Waals surface area contributed by atoms with Crippen molar-refractivity contribution in [1.29, 1.82) is 0 Å². The fourth-order valence-corrected chi connectivity index (χ4v) is 4.68. The lowest BCUT2D eigenvalue weighted by molar-refractivity contribution is -0.254. The molecular formula is C29H33ClO10. The average Bonchev–Trinajstić information content (AvgIpc) is 2.87. The molecule has 40 heavy (non-hydrogen) atoms. The van der Waals surface area contributed by atoms with Crippen LogP contribution in [-0.4, -0.2) is 61.5 Å². The summed E-state index contributed by atoms with van der Waals surface area (Å²) in [4.78, 5) is 47.8. The van der Waals surface area contributed by atoms with Crippen LogP contribution in [0.25, 0.3) is 0 Å². The summed E-state index contributed by atoms with van der Waals surface area (Å²) < 4.78 is 33.5. The normalized spacial score (nSPS) is 22.1. The van der Waals surface area contributed by atoms with E-state index in [-0.39, 0.29) is 6.61 Å². The van der Waals surface area contributed by atoms with Crippen LogP contribution in [0.3, 0.4) is 0 Å². The van der Waals surface area contributed by atoms with E-state index in [4.69, 9.17) is 40.0 Å². The number of rotatable bonds is 10. The van der Waals surface area contributed by atoms with Crippen LogP contribution in [0.15, 0.2) is 42.5 Å². The molecule has 0 radical (unpaired) electrons. The van der Waals surface area contributed by atoms with Crippen molar-refractivity contribution >= 4 is 35.5 Å². The van der Waals surface area contributed by atoms with E-state index in [1.165, 1.54) is 27.7 Å². The van der Waals surface area contributed by atoms with E-state index in [0.29, 0.717) is 23.6 Å². The van der Waals surface area contributed by atoms with Crippen LogP contribution < -0.4 is 4.74 Å². The second-order valence-corrected chi connectivity index (χ2v) is 9.63. The molecular weight excluding hydrogens is 544 g/mol. The quantitative estimate of drug-likeness (QED) is 0.301. The molecule has 2 aromatic carbocycles. The molecule has 1 aliphatic rings. The number of carbonyl (C=O) groups excluding carboxylic acids is 4. The summed E-state index contributed by atoms with van der Waals surface area (Å²) in [6.45, 7) is 6.94. The Balaban J connectivity index is 2.03. The van der Waals surface area contributed by atoms with Crippen LogP contribution in [-0.2, 0) is 49.3 Å². The molecule has 216 valence electrons. The van der Waals surface area contributed by atoms with E-state index in [0.717, 1.165) is 16.9 Å². The second-order valence-electron chi connectivity index (χ2n) is 9.22. The van der Waals surface area contributed by atoms with Crippen LogP contribution in [0, 0.1) is 0 Å². The van der Waals surface area contributed by atoms with Crippen LogP contribution in [0.4, 0.5) is 0 Å². The number of ether oxygens (including phenoxy) is 6. The van der Waals surface area contributed by atoms with Gasteiger partial charge in [-0.15, -0.1) is 0 Å². The molecule has 5 atom stereocenters. The zero-order chi connectivity index (χ0) is 29.4. The second kappa shape index (κ2) is 14.1. The first kappa shape index (κ1) is 30.9. The van der Waals surface area contributed by atoms with Crippen molar-refractivity contribution in [3.63, 3.8) is 0 Å². The highest BCUT2D eigenvalue weighted by atomic mass is 35.5. The molecule has 0 aromatic heterocycles. The summed E-state index contributed by atoms with van der Waals surface area (Å²) in [7, 11) is 0. The summed E-state index contributed by atoms with van der Waals surface area (Å²) in [5.74, 6) is -1.89. The van der Waals surface area contributed by atoms with Crippen molar-refractivity contribution in [2.75, 3.05) is 13.2 Å². The topological polar surface area (TPSA) is 124 Å². The molecule has 2 aromatic rings.